The number of sulfonamides is 1. The summed E-state index contributed by atoms with van der Waals surface area (Å²) in [7, 11) is -3.39. The molecule has 1 aliphatic heterocycles. The molecule has 1 aliphatic rings. The third kappa shape index (κ3) is 4.22. The van der Waals surface area contributed by atoms with Crippen molar-refractivity contribution in [3.05, 3.63) is 29.8 Å². The minimum atomic E-state index is -3.39. The van der Waals surface area contributed by atoms with Gasteiger partial charge in [-0.1, -0.05) is 39.0 Å². The monoisotopic (exact) mass is 328 g/mol. The Morgan fingerprint density at radius 2 is 2.10 bits per heavy atom. The Balaban J connectivity index is 2.27. The van der Waals surface area contributed by atoms with E-state index in [1.165, 1.54) is 0 Å². The molecule has 0 aromatic heterocycles. The molecular formula is C15H24N2O2S2. The molecule has 0 radical (unpaired) electrons. The number of nitrogens with one attached hydrogen (secondary N) is 1. The first-order valence-corrected chi connectivity index (χ1v) is 9.83. The van der Waals surface area contributed by atoms with Crippen molar-refractivity contribution >= 4 is 21.8 Å². The number of hydrogen-bond donors (Lipinski definition) is 1. The fourth-order valence-electron chi connectivity index (χ4n) is 2.36. The van der Waals surface area contributed by atoms with Crippen molar-refractivity contribution in [2.75, 3.05) is 18.8 Å². The van der Waals surface area contributed by atoms with E-state index in [1.807, 2.05) is 23.9 Å². The SMILES string of the molecule is CC(C)NCc1ccccc1S(=O)(=O)N1CCSC(C)C1. The molecule has 0 saturated carbocycles. The molecule has 118 valence electrons. The second-order valence-electron chi connectivity index (χ2n) is 5.69. The van der Waals surface area contributed by atoms with Gasteiger partial charge in [-0.05, 0) is 11.6 Å². The average molecular weight is 329 g/mol. The minimum absolute atomic E-state index is 0.326. The lowest BCUT2D eigenvalue weighted by atomic mass is 10.2. The molecule has 1 atom stereocenters. The number of thioether (sulfide) groups is 1. The van der Waals surface area contributed by atoms with Crippen LogP contribution in [0.15, 0.2) is 29.2 Å². The first-order chi connectivity index (χ1) is 9.91. The second kappa shape index (κ2) is 7.13. The largest absolute Gasteiger partial charge is 0.310 e. The lowest BCUT2D eigenvalue weighted by Crippen LogP contribution is -2.41. The van der Waals surface area contributed by atoms with Crippen LogP contribution in [0.4, 0.5) is 0 Å². The summed E-state index contributed by atoms with van der Waals surface area (Å²) >= 11 is 1.83. The van der Waals surface area contributed by atoms with Crippen LogP contribution >= 0.6 is 11.8 Å². The van der Waals surface area contributed by atoms with E-state index in [-0.39, 0.29) is 0 Å². The van der Waals surface area contributed by atoms with Crippen molar-refractivity contribution in [1.82, 2.24) is 9.62 Å². The van der Waals surface area contributed by atoms with Crippen molar-refractivity contribution in [3.63, 3.8) is 0 Å². The summed E-state index contributed by atoms with van der Waals surface area (Å²) in [6.07, 6.45) is 0. The summed E-state index contributed by atoms with van der Waals surface area (Å²) in [6, 6.07) is 7.63. The van der Waals surface area contributed by atoms with Gasteiger partial charge in [-0.3, -0.25) is 0 Å². The topological polar surface area (TPSA) is 49.4 Å². The van der Waals surface area contributed by atoms with E-state index in [9.17, 15) is 8.42 Å². The van der Waals surface area contributed by atoms with Crippen LogP contribution < -0.4 is 5.32 Å². The van der Waals surface area contributed by atoms with Gasteiger partial charge in [0.15, 0.2) is 0 Å². The standard InChI is InChI=1S/C15H24N2O2S2/c1-12(2)16-10-14-6-4-5-7-15(14)21(18,19)17-8-9-20-13(3)11-17/h4-7,12-13,16H,8-11H2,1-3H3. The normalized spacial score (nSPS) is 20.9. The van der Waals surface area contributed by atoms with Crippen LogP contribution in [0.25, 0.3) is 0 Å². The molecule has 0 bridgehead atoms. The van der Waals surface area contributed by atoms with E-state index < -0.39 is 10.0 Å². The minimum Gasteiger partial charge on any atom is -0.310 e. The van der Waals surface area contributed by atoms with Crippen LogP contribution in [0.1, 0.15) is 26.3 Å². The summed E-state index contributed by atoms with van der Waals surface area (Å²) in [4.78, 5) is 0.442. The predicted molar refractivity (Wildman–Crippen MR) is 89.1 cm³/mol. The number of benzene rings is 1. The Morgan fingerprint density at radius 3 is 2.76 bits per heavy atom. The molecule has 0 amide bonds. The molecule has 1 heterocycles. The number of hydrogen-bond acceptors (Lipinski definition) is 4. The third-order valence-electron chi connectivity index (χ3n) is 3.49. The Labute approximate surface area is 132 Å². The molecule has 4 nitrogen and oxygen atoms in total. The molecule has 1 saturated heterocycles. The van der Waals surface area contributed by atoms with Crippen molar-refractivity contribution in [1.29, 1.82) is 0 Å². The fraction of sp³-hybridized carbons (Fsp3) is 0.600. The van der Waals surface area contributed by atoms with E-state index in [1.54, 1.807) is 16.4 Å². The van der Waals surface area contributed by atoms with Gasteiger partial charge in [-0.25, -0.2) is 8.42 Å². The number of nitrogens with zero attached hydrogens (tertiary/aromatic N) is 1. The average Bonchev–Trinajstić information content (AvgIpc) is 2.45. The third-order valence-corrected chi connectivity index (χ3v) is 6.60. The summed E-state index contributed by atoms with van der Waals surface area (Å²) in [5, 5.41) is 3.65. The van der Waals surface area contributed by atoms with Gasteiger partial charge in [0, 0.05) is 36.7 Å². The van der Waals surface area contributed by atoms with Crippen molar-refractivity contribution in [2.45, 2.75) is 43.5 Å². The molecule has 1 aromatic carbocycles. The van der Waals surface area contributed by atoms with Crippen LogP contribution in [0, 0.1) is 0 Å². The van der Waals surface area contributed by atoms with E-state index in [4.69, 9.17) is 0 Å². The van der Waals surface area contributed by atoms with Crippen LogP contribution in [-0.2, 0) is 16.6 Å². The van der Waals surface area contributed by atoms with Crippen molar-refractivity contribution < 1.29 is 8.42 Å². The maximum Gasteiger partial charge on any atom is 0.243 e. The zero-order valence-electron chi connectivity index (χ0n) is 12.9. The first kappa shape index (κ1) is 16.8. The first-order valence-electron chi connectivity index (χ1n) is 7.34. The molecule has 2 rings (SSSR count). The molecule has 0 aliphatic carbocycles. The zero-order chi connectivity index (χ0) is 15.5. The molecule has 1 aromatic rings. The highest BCUT2D eigenvalue weighted by molar-refractivity contribution is 8.00. The summed E-state index contributed by atoms with van der Waals surface area (Å²) in [5.41, 5.74) is 0.845. The van der Waals surface area contributed by atoms with Gasteiger partial charge in [-0.2, -0.15) is 16.1 Å². The molecule has 1 fully saturated rings. The quantitative estimate of drug-likeness (QED) is 0.901. The molecule has 6 heteroatoms. The molecule has 1 unspecified atom stereocenters. The Morgan fingerprint density at radius 1 is 1.38 bits per heavy atom. The van der Waals surface area contributed by atoms with Crippen molar-refractivity contribution in [3.8, 4) is 0 Å². The predicted octanol–water partition coefficient (Wildman–Crippen LogP) is 2.31. The van der Waals surface area contributed by atoms with E-state index in [0.29, 0.717) is 35.8 Å². The van der Waals surface area contributed by atoms with Crippen LogP contribution in [0.5, 0.6) is 0 Å². The van der Waals surface area contributed by atoms with E-state index in [0.717, 1.165) is 11.3 Å². The highest BCUT2D eigenvalue weighted by Crippen LogP contribution is 2.26. The lowest BCUT2D eigenvalue weighted by molar-refractivity contribution is 0.423. The highest BCUT2D eigenvalue weighted by Gasteiger charge is 2.30. The van der Waals surface area contributed by atoms with Crippen molar-refractivity contribution in [2.24, 2.45) is 0 Å². The summed E-state index contributed by atoms with van der Waals surface area (Å²) in [6.45, 7) is 7.97. The van der Waals surface area contributed by atoms with Gasteiger partial charge >= 0.3 is 0 Å². The number of rotatable bonds is 5. The van der Waals surface area contributed by atoms with Crippen LogP contribution in [-0.4, -0.2) is 42.9 Å². The van der Waals surface area contributed by atoms with Gasteiger partial charge in [-0.15, -0.1) is 0 Å². The zero-order valence-corrected chi connectivity index (χ0v) is 14.5. The maximum atomic E-state index is 12.9. The van der Waals surface area contributed by atoms with Gasteiger partial charge in [0.25, 0.3) is 0 Å². The van der Waals surface area contributed by atoms with Crippen LogP contribution in [0.3, 0.4) is 0 Å². The van der Waals surface area contributed by atoms with Gasteiger partial charge in [0.05, 0.1) is 4.90 Å². The fourth-order valence-corrected chi connectivity index (χ4v) is 5.33. The smallest absolute Gasteiger partial charge is 0.243 e. The maximum absolute atomic E-state index is 12.9. The van der Waals surface area contributed by atoms with Crippen LogP contribution in [0.2, 0.25) is 0 Å². The molecular weight excluding hydrogens is 304 g/mol. The van der Waals surface area contributed by atoms with Gasteiger partial charge in [0.2, 0.25) is 10.0 Å². The Hall–Kier alpha value is -0.560. The molecule has 21 heavy (non-hydrogen) atoms. The van der Waals surface area contributed by atoms with E-state index >= 15 is 0 Å². The molecule has 0 spiro atoms. The Kier molecular flexibility index (Phi) is 5.71. The summed E-state index contributed by atoms with van der Waals surface area (Å²) < 4.78 is 27.4. The summed E-state index contributed by atoms with van der Waals surface area (Å²) in [5.74, 6) is 0.868. The van der Waals surface area contributed by atoms with E-state index in [2.05, 4.69) is 26.1 Å². The van der Waals surface area contributed by atoms with Gasteiger partial charge < -0.3 is 5.32 Å². The lowest BCUT2D eigenvalue weighted by Gasteiger charge is -2.30. The molecule has 1 N–H and O–H groups in total. The Bertz CT molecular complexity index is 573. The van der Waals surface area contributed by atoms with Gasteiger partial charge in [0.1, 0.15) is 0 Å². The second-order valence-corrected chi connectivity index (χ2v) is 9.14. The highest BCUT2D eigenvalue weighted by atomic mass is 32.2.